The van der Waals surface area contributed by atoms with Crippen LogP contribution in [0.3, 0.4) is 0 Å². The zero-order valence-electron chi connectivity index (χ0n) is 8.19. The van der Waals surface area contributed by atoms with Crippen molar-refractivity contribution in [3.05, 3.63) is 65.8 Å². The summed E-state index contributed by atoms with van der Waals surface area (Å²) in [5, 5.41) is 0. The van der Waals surface area contributed by atoms with Crippen molar-refractivity contribution in [2.24, 2.45) is 0 Å². The second-order valence-electron chi connectivity index (χ2n) is 3.43. The van der Waals surface area contributed by atoms with Gasteiger partial charge in [-0.3, -0.25) is 0 Å². The van der Waals surface area contributed by atoms with Crippen LogP contribution in [-0.4, -0.2) is 0 Å². The predicted octanol–water partition coefficient (Wildman–Crippen LogP) is 3.98. The maximum Gasteiger partial charge on any atom is -0.00973 e. The van der Waals surface area contributed by atoms with Crippen LogP contribution >= 0.6 is 0 Å². The molecule has 0 amide bonds. The Morgan fingerprint density at radius 3 is 2.71 bits per heavy atom. The molecule has 0 atom stereocenters. The van der Waals surface area contributed by atoms with Gasteiger partial charge in [-0.25, -0.2) is 0 Å². The number of rotatable bonds is 3. The summed E-state index contributed by atoms with van der Waals surface area (Å²) in [5.74, 6) is 0. The zero-order valence-corrected chi connectivity index (χ0v) is 8.19. The van der Waals surface area contributed by atoms with Crippen LogP contribution in [-0.2, 0) is 0 Å². The van der Waals surface area contributed by atoms with Crippen LogP contribution in [0, 0.1) is 0 Å². The molecule has 1 aromatic rings. The monoisotopic (exact) mass is 182 g/mol. The van der Waals surface area contributed by atoms with Crippen molar-refractivity contribution in [3.8, 4) is 0 Å². The molecule has 70 valence electrons. The molecule has 0 saturated carbocycles. The SMILES string of the molecule is C1=CC(C/C=C/c2ccccc2)=CC1. The Morgan fingerprint density at radius 1 is 1.14 bits per heavy atom. The second-order valence-corrected chi connectivity index (χ2v) is 3.43. The van der Waals surface area contributed by atoms with Crippen molar-refractivity contribution < 1.29 is 0 Å². The molecule has 0 aromatic heterocycles. The van der Waals surface area contributed by atoms with Gasteiger partial charge in [-0.1, -0.05) is 60.7 Å². The van der Waals surface area contributed by atoms with Gasteiger partial charge in [0.15, 0.2) is 0 Å². The van der Waals surface area contributed by atoms with Crippen molar-refractivity contribution in [3.63, 3.8) is 0 Å². The first-order valence-electron chi connectivity index (χ1n) is 5.02. The Kier molecular flexibility index (Phi) is 2.97. The van der Waals surface area contributed by atoms with Gasteiger partial charge in [-0.05, 0) is 24.0 Å². The summed E-state index contributed by atoms with van der Waals surface area (Å²) < 4.78 is 0. The van der Waals surface area contributed by atoms with Gasteiger partial charge in [0.25, 0.3) is 0 Å². The van der Waals surface area contributed by atoms with Crippen LogP contribution in [0.15, 0.2) is 60.2 Å². The van der Waals surface area contributed by atoms with E-state index in [1.807, 2.05) is 6.07 Å². The Hall–Kier alpha value is -1.56. The molecule has 0 spiro atoms. The first-order valence-corrected chi connectivity index (χ1v) is 5.02. The summed E-state index contributed by atoms with van der Waals surface area (Å²) in [7, 11) is 0. The standard InChI is InChI=1S/C14H14/c1-2-7-13(8-3-1)11-6-12-14-9-4-5-10-14/h1-4,6-11H,5,12H2/b11-6+. The van der Waals surface area contributed by atoms with Crippen molar-refractivity contribution in [2.75, 3.05) is 0 Å². The largest absolute Gasteiger partial charge is 0.0805 e. The van der Waals surface area contributed by atoms with E-state index in [4.69, 9.17) is 0 Å². The van der Waals surface area contributed by atoms with Crippen LogP contribution in [0.4, 0.5) is 0 Å². The highest BCUT2D eigenvalue weighted by Crippen LogP contribution is 2.13. The van der Waals surface area contributed by atoms with Gasteiger partial charge < -0.3 is 0 Å². The molecule has 0 aliphatic heterocycles. The van der Waals surface area contributed by atoms with E-state index in [1.165, 1.54) is 11.1 Å². The molecule has 0 heterocycles. The van der Waals surface area contributed by atoms with E-state index in [2.05, 4.69) is 54.6 Å². The van der Waals surface area contributed by atoms with E-state index in [0.29, 0.717) is 0 Å². The topological polar surface area (TPSA) is 0 Å². The first-order chi connectivity index (χ1) is 6.95. The summed E-state index contributed by atoms with van der Waals surface area (Å²) in [4.78, 5) is 0. The molecule has 0 saturated heterocycles. The van der Waals surface area contributed by atoms with Crippen molar-refractivity contribution in [1.29, 1.82) is 0 Å². The van der Waals surface area contributed by atoms with Gasteiger partial charge >= 0.3 is 0 Å². The minimum Gasteiger partial charge on any atom is -0.0805 e. The first kappa shape index (κ1) is 9.01. The highest BCUT2D eigenvalue weighted by Gasteiger charge is 1.93. The molecule has 1 aliphatic carbocycles. The second kappa shape index (κ2) is 4.61. The Labute approximate surface area is 85.3 Å². The van der Waals surface area contributed by atoms with E-state index in [1.54, 1.807) is 0 Å². The molecule has 0 bridgehead atoms. The molecular formula is C14H14. The van der Waals surface area contributed by atoms with Gasteiger partial charge in [0.2, 0.25) is 0 Å². The maximum absolute atomic E-state index is 2.27. The Balaban J connectivity index is 1.92. The van der Waals surface area contributed by atoms with Crippen LogP contribution < -0.4 is 0 Å². The molecule has 0 fully saturated rings. The van der Waals surface area contributed by atoms with Crippen LogP contribution in [0.2, 0.25) is 0 Å². The molecule has 0 radical (unpaired) electrons. The van der Waals surface area contributed by atoms with Crippen LogP contribution in [0.25, 0.3) is 6.08 Å². The van der Waals surface area contributed by atoms with E-state index < -0.39 is 0 Å². The molecule has 1 aromatic carbocycles. The Morgan fingerprint density at radius 2 is 2.00 bits per heavy atom. The lowest BCUT2D eigenvalue weighted by Crippen LogP contribution is -1.72. The fourth-order valence-corrected chi connectivity index (χ4v) is 1.55. The summed E-state index contributed by atoms with van der Waals surface area (Å²) >= 11 is 0. The third-order valence-electron chi connectivity index (χ3n) is 2.31. The third kappa shape index (κ3) is 2.46. The minimum absolute atomic E-state index is 1.05. The van der Waals surface area contributed by atoms with Crippen molar-refractivity contribution in [2.45, 2.75) is 12.8 Å². The molecule has 0 nitrogen and oxygen atoms in total. The normalized spacial score (nSPS) is 15.0. The predicted molar refractivity (Wildman–Crippen MR) is 61.9 cm³/mol. The van der Waals surface area contributed by atoms with E-state index >= 15 is 0 Å². The maximum atomic E-state index is 2.27. The summed E-state index contributed by atoms with van der Waals surface area (Å²) in [6, 6.07) is 10.4. The Bertz CT molecular complexity index is 366. The summed E-state index contributed by atoms with van der Waals surface area (Å²) in [6.45, 7) is 0. The fourth-order valence-electron chi connectivity index (χ4n) is 1.55. The van der Waals surface area contributed by atoms with E-state index in [0.717, 1.165) is 12.8 Å². The smallest absolute Gasteiger partial charge is 0.00973 e. The highest BCUT2D eigenvalue weighted by atomic mass is 14.0. The average Bonchev–Trinajstić information content (AvgIpc) is 2.72. The number of hydrogen-bond donors (Lipinski definition) is 0. The lowest BCUT2D eigenvalue weighted by Gasteiger charge is -1.93. The number of allylic oxidation sites excluding steroid dienone is 5. The molecule has 2 rings (SSSR count). The molecule has 1 aliphatic rings. The minimum atomic E-state index is 1.05. The molecule has 0 unspecified atom stereocenters. The van der Waals surface area contributed by atoms with Gasteiger partial charge in [-0.2, -0.15) is 0 Å². The summed E-state index contributed by atoms with van der Waals surface area (Å²) in [6.07, 6.45) is 13.2. The molecule has 0 N–H and O–H groups in total. The van der Waals surface area contributed by atoms with E-state index in [-0.39, 0.29) is 0 Å². The number of benzene rings is 1. The van der Waals surface area contributed by atoms with Crippen LogP contribution in [0.1, 0.15) is 18.4 Å². The zero-order chi connectivity index (χ0) is 9.64. The van der Waals surface area contributed by atoms with E-state index in [9.17, 15) is 0 Å². The van der Waals surface area contributed by atoms with Gasteiger partial charge in [-0.15, -0.1) is 0 Å². The summed E-state index contributed by atoms with van der Waals surface area (Å²) in [5.41, 5.74) is 2.70. The van der Waals surface area contributed by atoms with Crippen molar-refractivity contribution in [1.82, 2.24) is 0 Å². The fraction of sp³-hybridized carbons (Fsp3) is 0.143. The highest BCUT2D eigenvalue weighted by molar-refractivity contribution is 5.49. The molecule has 0 heteroatoms. The lowest BCUT2D eigenvalue weighted by atomic mass is 10.1. The molecular weight excluding hydrogens is 168 g/mol. The quantitative estimate of drug-likeness (QED) is 0.663. The van der Waals surface area contributed by atoms with Gasteiger partial charge in [0.05, 0.1) is 0 Å². The molecule has 14 heavy (non-hydrogen) atoms. The number of hydrogen-bond acceptors (Lipinski definition) is 0. The third-order valence-corrected chi connectivity index (χ3v) is 2.31. The lowest BCUT2D eigenvalue weighted by molar-refractivity contribution is 1.29. The van der Waals surface area contributed by atoms with Gasteiger partial charge in [0.1, 0.15) is 0 Å². The average molecular weight is 182 g/mol. The van der Waals surface area contributed by atoms with Gasteiger partial charge in [0, 0.05) is 0 Å². The van der Waals surface area contributed by atoms with Crippen LogP contribution in [0.5, 0.6) is 0 Å². The van der Waals surface area contributed by atoms with Crippen molar-refractivity contribution >= 4 is 6.08 Å².